The van der Waals surface area contributed by atoms with Crippen LogP contribution in [0, 0.1) is 5.92 Å². The zero-order chi connectivity index (χ0) is 16.8. The quantitative estimate of drug-likeness (QED) is 0.645. The summed E-state index contributed by atoms with van der Waals surface area (Å²) in [6.45, 7) is 6.88. The zero-order valence-electron chi connectivity index (χ0n) is 14.9. The number of piperidine rings is 1. The van der Waals surface area contributed by atoms with Crippen molar-refractivity contribution in [3.05, 3.63) is 33.9 Å². The highest BCUT2D eigenvalue weighted by Gasteiger charge is 2.18. The van der Waals surface area contributed by atoms with Crippen molar-refractivity contribution in [1.29, 1.82) is 0 Å². The van der Waals surface area contributed by atoms with Gasteiger partial charge in [-0.3, -0.25) is 9.36 Å². The summed E-state index contributed by atoms with van der Waals surface area (Å²) in [5, 5.41) is 0. The molecule has 2 heterocycles. The Bertz CT molecular complexity index is 682. The van der Waals surface area contributed by atoms with E-state index in [1.54, 1.807) is 0 Å². The van der Waals surface area contributed by atoms with Crippen LogP contribution in [-0.4, -0.2) is 29.1 Å². The van der Waals surface area contributed by atoms with Crippen LogP contribution in [0.2, 0.25) is 0 Å². The van der Waals surface area contributed by atoms with Gasteiger partial charge in [-0.1, -0.05) is 49.7 Å². The highest BCUT2D eigenvalue weighted by Crippen LogP contribution is 2.23. The van der Waals surface area contributed by atoms with Crippen LogP contribution >= 0.6 is 11.3 Å². The molecule has 1 aromatic heterocycles. The Labute approximate surface area is 149 Å². The lowest BCUT2D eigenvalue weighted by molar-refractivity contribution is 0.174. The van der Waals surface area contributed by atoms with Crippen molar-refractivity contribution >= 4 is 21.6 Å². The van der Waals surface area contributed by atoms with Crippen LogP contribution in [0.4, 0.5) is 0 Å². The van der Waals surface area contributed by atoms with Gasteiger partial charge in [0.2, 0.25) is 0 Å². The number of hydrogen-bond acceptors (Lipinski definition) is 3. The van der Waals surface area contributed by atoms with Crippen LogP contribution < -0.4 is 4.87 Å². The summed E-state index contributed by atoms with van der Waals surface area (Å²) < 4.78 is 3.06. The summed E-state index contributed by atoms with van der Waals surface area (Å²) in [6.07, 6.45) is 9.21. The van der Waals surface area contributed by atoms with Crippen LogP contribution in [0.1, 0.15) is 51.9 Å². The molecule has 0 atom stereocenters. The van der Waals surface area contributed by atoms with Crippen molar-refractivity contribution < 1.29 is 0 Å². The number of hydrogen-bond donors (Lipinski definition) is 0. The summed E-state index contributed by atoms with van der Waals surface area (Å²) in [7, 11) is 0. The number of thiazole rings is 1. The second kappa shape index (κ2) is 8.82. The third-order valence-corrected chi connectivity index (χ3v) is 6.31. The molecule has 4 heteroatoms. The fourth-order valence-corrected chi connectivity index (χ4v) is 4.74. The maximum Gasteiger partial charge on any atom is 0.308 e. The van der Waals surface area contributed by atoms with Gasteiger partial charge < -0.3 is 4.90 Å². The van der Waals surface area contributed by atoms with Crippen LogP contribution in [0.25, 0.3) is 10.2 Å². The Morgan fingerprint density at radius 1 is 1.08 bits per heavy atom. The third kappa shape index (κ3) is 4.48. The number of aryl methyl sites for hydroxylation is 1. The van der Waals surface area contributed by atoms with Crippen LogP contribution in [0.5, 0.6) is 0 Å². The van der Waals surface area contributed by atoms with E-state index in [9.17, 15) is 4.79 Å². The van der Waals surface area contributed by atoms with E-state index < -0.39 is 0 Å². The fourth-order valence-electron chi connectivity index (χ4n) is 3.82. The first-order chi connectivity index (χ1) is 11.8. The van der Waals surface area contributed by atoms with E-state index in [4.69, 9.17) is 0 Å². The molecule has 0 radical (unpaired) electrons. The van der Waals surface area contributed by atoms with Gasteiger partial charge in [-0.15, -0.1) is 0 Å². The van der Waals surface area contributed by atoms with E-state index in [1.165, 1.54) is 69.5 Å². The van der Waals surface area contributed by atoms with Crippen LogP contribution in [0.15, 0.2) is 29.1 Å². The third-order valence-electron chi connectivity index (χ3n) is 5.35. The Balaban J connectivity index is 1.40. The second-order valence-corrected chi connectivity index (χ2v) is 8.11. The molecule has 132 valence electrons. The van der Waals surface area contributed by atoms with E-state index in [2.05, 4.69) is 17.9 Å². The average Bonchev–Trinajstić information content (AvgIpc) is 2.93. The molecule has 24 heavy (non-hydrogen) atoms. The van der Waals surface area contributed by atoms with Crippen molar-refractivity contribution in [1.82, 2.24) is 9.47 Å². The van der Waals surface area contributed by atoms with Gasteiger partial charge in [0, 0.05) is 6.54 Å². The fraction of sp³-hybridized carbons (Fsp3) is 0.650. The first kappa shape index (κ1) is 17.7. The molecule has 0 spiro atoms. The summed E-state index contributed by atoms with van der Waals surface area (Å²) in [5.41, 5.74) is 1.10. The smallest absolute Gasteiger partial charge is 0.303 e. The minimum absolute atomic E-state index is 0.188. The number of benzene rings is 1. The van der Waals surface area contributed by atoms with Crippen molar-refractivity contribution in [3.8, 4) is 0 Å². The molecule has 1 aliphatic rings. The number of likely N-dealkylation sites (tertiary alicyclic amines) is 1. The monoisotopic (exact) mass is 346 g/mol. The van der Waals surface area contributed by atoms with E-state index in [1.807, 2.05) is 22.8 Å². The molecule has 2 aromatic rings. The molecule has 1 aliphatic heterocycles. The molecule has 0 saturated carbocycles. The lowest BCUT2D eigenvalue weighted by atomic mass is 9.91. The summed E-state index contributed by atoms with van der Waals surface area (Å²) in [6, 6.07) is 8.13. The number of unbranched alkanes of at least 4 members (excludes halogenated alkanes) is 2. The molecule has 0 N–H and O–H groups in total. The lowest BCUT2D eigenvalue weighted by Crippen LogP contribution is -2.34. The maximum absolute atomic E-state index is 12.1. The number of fused-ring (bicyclic) bond motifs is 1. The summed E-state index contributed by atoms with van der Waals surface area (Å²) in [5.74, 6) is 0.969. The molecule has 0 aliphatic carbocycles. The molecular formula is C20H30N2OS. The molecule has 0 unspecified atom stereocenters. The minimum Gasteiger partial charge on any atom is -0.303 e. The molecule has 0 amide bonds. The zero-order valence-corrected chi connectivity index (χ0v) is 15.7. The van der Waals surface area contributed by atoms with Gasteiger partial charge in [-0.25, -0.2) is 0 Å². The lowest BCUT2D eigenvalue weighted by Gasteiger charge is -2.32. The standard InChI is InChI=1S/C20H30N2OS/c1-2-3-8-17-11-15-21(16-12-17)13-6-7-14-22-18-9-4-5-10-19(18)24-20(22)23/h4-5,9-10,17H,2-3,6-8,11-16H2,1H3. The van der Waals surface area contributed by atoms with Crippen molar-refractivity contribution in [2.45, 2.75) is 58.4 Å². The minimum atomic E-state index is 0.188. The van der Waals surface area contributed by atoms with E-state index in [-0.39, 0.29) is 4.87 Å². The Morgan fingerprint density at radius 3 is 2.62 bits per heavy atom. The highest BCUT2D eigenvalue weighted by atomic mass is 32.1. The first-order valence-electron chi connectivity index (χ1n) is 9.58. The number of aromatic nitrogens is 1. The van der Waals surface area contributed by atoms with Crippen molar-refractivity contribution in [3.63, 3.8) is 0 Å². The molecule has 3 nitrogen and oxygen atoms in total. The van der Waals surface area contributed by atoms with Gasteiger partial charge in [-0.2, -0.15) is 0 Å². The SMILES string of the molecule is CCCCC1CCN(CCCCn2c(=O)sc3ccccc32)CC1. The number of nitrogens with zero attached hydrogens (tertiary/aromatic N) is 2. The second-order valence-electron chi connectivity index (χ2n) is 7.12. The molecule has 1 saturated heterocycles. The number of para-hydroxylation sites is 1. The van der Waals surface area contributed by atoms with E-state index >= 15 is 0 Å². The largest absolute Gasteiger partial charge is 0.308 e. The predicted octanol–water partition coefficient (Wildman–Crippen LogP) is 4.75. The Morgan fingerprint density at radius 2 is 1.83 bits per heavy atom. The summed E-state index contributed by atoms with van der Waals surface area (Å²) in [4.78, 5) is 14.9. The van der Waals surface area contributed by atoms with E-state index in [0.717, 1.165) is 29.1 Å². The van der Waals surface area contributed by atoms with Gasteiger partial charge in [0.15, 0.2) is 0 Å². The molecular weight excluding hydrogens is 316 g/mol. The molecule has 1 fully saturated rings. The average molecular weight is 347 g/mol. The molecule has 3 rings (SSSR count). The van der Waals surface area contributed by atoms with Crippen molar-refractivity contribution in [2.24, 2.45) is 5.92 Å². The normalized spacial score (nSPS) is 16.9. The molecule has 1 aromatic carbocycles. The predicted molar refractivity (Wildman–Crippen MR) is 104 cm³/mol. The van der Waals surface area contributed by atoms with Gasteiger partial charge >= 0.3 is 4.87 Å². The van der Waals surface area contributed by atoms with Gasteiger partial charge in [0.1, 0.15) is 0 Å². The van der Waals surface area contributed by atoms with Gasteiger partial charge in [0.05, 0.1) is 10.2 Å². The molecule has 0 bridgehead atoms. The Kier molecular flexibility index (Phi) is 6.50. The summed E-state index contributed by atoms with van der Waals surface area (Å²) >= 11 is 1.37. The maximum atomic E-state index is 12.1. The number of rotatable bonds is 8. The first-order valence-corrected chi connectivity index (χ1v) is 10.4. The van der Waals surface area contributed by atoms with Gasteiger partial charge in [0.25, 0.3) is 0 Å². The highest BCUT2D eigenvalue weighted by molar-refractivity contribution is 7.16. The Hall–Kier alpha value is -1.13. The van der Waals surface area contributed by atoms with Crippen LogP contribution in [-0.2, 0) is 6.54 Å². The van der Waals surface area contributed by atoms with E-state index in [0.29, 0.717) is 0 Å². The van der Waals surface area contributed by atoms with Crippen molar-refractivity contribution in [2.75, 3.05) is 19.6 Å². The topological polar surface area (TPSA) is 25.2 Å². The van der Waals surface area contributed by atoms with Crippen LogP contribution in [0.3, 0.4) is 0 Å². The van der Waals surface area contributed by atoms with Gasteiger partial charge in [-0.05, 0) is 63.4 Å².